The molecular formula is C21H23N5O. The Hall–Kier alpha value is -3.15. The third kappa shape index (κ3) is 4.00. The van der Waals surface area contributed by atoms with Crippen molar-refractivity contribution in [2.75, 3.05) is 31.1 Å². The molecule has 27 heavy (non-hydrogen) atoms. The van der Waals surface area contributed by atoms with E-state index in [0.717, 1.165) is 18.7 Å². The van der Waals surface area contributed by atoms with Crippen LogP contribution in [-0.2, 0) is 6.54 Å². The molecule has 6 nitrogen and oxygen atoms in total. The summed E-state index contributed by atoms with van der Waals surface area (Å²) in [5.41, 5.74) is 4.01. The molecule has 1 saturated heterocycles. The molecule has 0 bridgehead atoms. The Labute approximate surface area is 159 Å². The summed E-state index contributed by atoms with van der Waals surface area (Å²) in [5.74, 6) is -0.0433. The fourth-order valence-corrected chi connectivity index (χ4v) is 3.40. The van der Waals surface area contributed by atoms with Crippen molar-refractivity contribution in [3.05, 3.63) is 77.6 Å². The van der Waals surface area contributed by atoms with Gasteiger partial charge in [0.15, 0.2) is 5.69 Å². The maximum atomic E-state index is 12.8. The fourth-order valence-electron chi connectivity index (χ4n) is 3.40. The van der Waals surface area contributed by atoms with Crippen LogP contribution in [0.25, 0.3) is 0 Å². The summed E-state index contributed by atoms with van der Waals surface area (Å²) in [6.07, 6.45) is 1.74. The molecule has 1 aliphatic heterocycles. The van der Waals surface area contributed by atoms with E-state index in [4.69, 9.17) is 0 Å². The zero-order chi connectivity index (χ0) is 18.6. The van der Waals surface area contributed by atoms with Crippen LogP contribution in [0.5, 0.6) is 0 Å². The first-order chi connectivity index (χ1) is 13.2. The van der Waals surface area contributed by atoms with Crippen molar-refractivity contribution in [3.63, 3.8) is 0 Å². The van der Waals surface area contributed by atoms with Crippen LogP contribution in [0, 0.1) is 6.92 Å². The van der Waals surface area contributed by atoms with Gasteiger partial charge in [-0.25, -0.2) is 4.68 Å². The molecule has 4 rings (SSSR count). The van der Waals surface area contributed by atoms with Crippen molar-refractivity contribution in [2.24, 2.45) is 0 Å². The van der Waals surface area contributed by atoms with Gasteiger partial charge in [-0.15, -0.1) is 5.10 Å². The van der Waals surface area contributed by atoms with Gasteiger partial charge in [-0.05, 0) is 30.2 Å². The number of carbonyl (C=O) groups excluding carboxylic acids is 1. The lowest BCUT2D eigenvalue weighted by atomic mass is 10.2. The number of anilines is 1. The van der Waals surface area contributed by atoms with E-state index in [2.05, 4.69) is 46.4 Å². The van der Waals surface area contributed by atoms with Gasteiger partial charge in [0, 0.05) is 31.9 Å². The predicted molar refractivity (Wildman–Crippen MR) is 105 cm³/mol. The minimum Gasteiger partial charge on any atom is -0.368 e. The molecule has 3 aromatic rings. The van der Waals surface area contributed by atoms with Gasteiger partial charge in [-0.3, -0.25) is 4.79 Å². The number of piperazine rings is 1. The lowest BCUT2D eigenvalue weighted by Crippen LogP contribution is -2.48. The quantitative estimate of drug-likeness (QED) is 0.717. The largest absolute Gasteiger partial charge is 0.368 e. The monoisotopic (exact) mass is 361 g/mol. The number of hydrogen-bond acceptors (Lipinski definition) is 4. The van der Waals surface area contributed by atoms with Crippen LogP contribution in [0.15, 0.2) is 60.8 Å². The Morgan fingerprint density at radius 2 is 1.78 bits per heavy atom. The van der Waals surface area contributed by atoms with Crippen LogP contribution in [0.2, 0.25) is 0 Å². The Morgan fingerprint density at radius 1 is 1.00 bits per heavy atom. The molecule has 6 heteroatoms. The van der Waals surface area contributed by atoms with Crippen molar-refractivity contribution < 1.29 is 4.79 Å². The summed E-state index contributed by atoms with van der Waals surface area (Å²) in [4.78, 5) is 16.9. The number of nitrogens with zero attached hydrogens (tertiary/aromatic N) is 5. The molecule has 2 aromatic carbocycles. The Bertz CT molecular complexity index is 913. The van der Waals surface area contributed by atoms with Gasteiger partial charge < -0.3 is 9.80 Å². The minimum atomic E-state index is -0.0433. The summed E-state index contributed by atoms with van der Waals surface area (Å²) in [6.45, 7) is 5.75. The second kappa shape index (κ2) is 7.61. The molecule has 1 aromatic heterocycles. The molecule has 1 aliphatic rings. The lowest BCUT2D eigenvalue weighted by molar-refractivity contribution is 0.0740. The molecule has 0 N–H and O–H groups in total. The van der Waals surface area contributed by atoms with Crippen LogP contribution in [-0.4, -0.2) is 52.0 Å². The maximum Gasteiger partial charge on any atom is 0.276 e. The highest BCUT2D eigenvalue weighted by molar-refractivity contribution is 5.92. The maximum absolute atomic E-state index is 12.8. The fraction of sp³-hybridized carbons (Fsp3) is 0.286. The summed E-state index contributed by atoms with van der Waals surface area (Å²) < 4.78 is 1.71. The van der Waals surface area contributed by atoms with Gasteiger partial charge in [-0.2, -0.15) is 0 Å². The smallest absolute Gasteiger partial charge is 0.276 e. The molecule has 138 valence electrons. The van der Waals surface area contributed by atoms with Gasteiger partial charge >= 0.3 is 0 Å². The molecule has 0 unspecified atom stereocenters. The van der Waals surface area contributed by atoms with E-state index >= 15 is 0 Å². The standard InChI is InChI=1S/C21H23N5O/c1-17-6-5-9-19(14-17)24-10-12-25(13-11-24)21(27)20-16-26(23-22-20)15-18-7-3-2-4-8-18/h2-9,14,16H,10-13,15H2,1H3. The molecule has 1 fully saturated rings. The second-order valence-corrected chi connectivity index (χ2v) is 6.91. The van der Waals surface area contributed by atoms with Crippen LogP contribution in [0.1, 0.15) is 21.6 Å². The molecule has 0 spiro atoms. The minimum absolute atomic E-state index is 0.0433. The van der Waals surface area contributed by atoms with Gasteiger partial charge in [0.1, 0.15) is 0 Å². The molecule has 0 radical (unpaired) electrons. The molecule has 1 amide bonds. The van der Waals surface area contributed by atoms with E-state index in [1.807, 2.05) is 35.2 Å². The highest BCUT2D eigenvalue weighted by Gasteiger charge is 2.24. The van der Waals surface area contributed by atoms with Crippen LogP contribution in [0.4, 0.5) is 5.69 Å². The highest BCUT2D eigenvalue weighted by atomic mass is 16.2. The second-order valence-electron chi connectivity index (χ2n) is 6.91. The molecule has 0 aliphatic carbocycles. The number of benzene rings is 2. The van der Waals surface area contributed by atoms with Crippen molar-refractivity contribution in [1.82, 2.24) is 19.9 Å². The van der Waals surface area contributed by atoms with Crippen molar-refractivity contribution in [2.45, 2.75) is 13.5 Å². The number of aromatic nitrogens is 3. The third-order valence-electron chi connectivity index (χ3n) is 4.88. The zero-order valence-corrected chi connectivity index (χ0v) is 15.5. The van der Waals surface area contributed by atoms with E-state index in [0.29, 0.717) is 25.3 Å². The topological polar surface area (TPSA) is 54.3 Å². The van der Waals surface area contributed by atoms with E-state index in [1.54, 1.807) is 10.9 Å². The lowest BCUT2D eigenvalue weighted by Gasteiger charge is -2.35. The number of aryl methyl sites for hydroxylation is 1. The average molecular weight is 361 g/mol. The highest BCUT2D eigenvalue weighted by Crippen LogP contribution is 2.18. The van der Waals surface area contributed by atoms with E-state index in [-0.39, 0.29) is 5.91 Å². The van der Waals surface area contributed by atoms with Crippen molar-refractivity contribution in [3.8, 4) is 0 Å². The third-order valence-corrected chi connectivity index (χ3v) is 4.88. The van der Waals surface area contributed by atoms with Gasteiger partial charge in [0.2, 0.25) is 0 Å². The zero-order valence-electron chi connectivity index (χ0n) is 15.5. The van der Waals surface area contributed by atoms with Crippen LogP contribution < -0.4 is 4.90 Å². The molecule has 0 atom stereocenters. The van der Waals surface area contributed by atoms with Gasteiger partial charge in [-0.1, -0.05) is 47.7 Å². The normalized spacial score (nSPS) is 14.4. The Morgan fingerprint density at radius 3 is 2.52 bits per heavy atom. The van der Waals surface area contributed by atoms with Crippen LogP contribution in [0.3, 0.4) is 0 Å². The predicted octanol–water partition coefficient (Wildman–Crippen LogP) is 2.60. The molecular weight excluding hydrogens is 338 g/mol. The summed E-state index contributed by atoms with van der Waals surface area (Å²) in [6, 6.07) is 18.5. The Balaban J connectivity index is 1.37. The van der Waals surface area contributed by atoms with Gasteiger partial charge in [0.25, 0.3) is 5.91 Å². The summed E-state index contributed by atoms with van der Waals surface area (Å²) in [7, 11) is 0. The van der Waals surface area contributed by atoms with E-state index < -0.39 is 0 Å². The van der Waals surface area contributed by atoms with Crippen molar-refractivity contribution >= 4 is 11.6 Å². The van der Waals surface area contributed by atoms with Crippen molar-refractivity contribution in [1.29, 1.82) is 0 Å². The number of hydrogen-bond donors (Lipinski definition) is 0. The van der Waals surface area contributed by atoms with Gasteiger partial charge in [0.05, 0.1) is 12.7 Å². The first-order valence-corrected chi connectivity index (χ1v) is 9.24. The van der Waals surface area contributed by atoms with Crippen LogP contribution >= 0.6 is 0 Å². The summed E-state index contributed by atoms with van der Waals surface area (Å²) in [5, 5.41) is 8.19. The SMILES string of the molecule is Cc1cccc(N2CCN(C(=O)c3cn(Cc4ccccc4)nn3)CC2)c1. The van der Waals surface area contributed by atoms with E-state index in [9.17, 15) is 4.79 Å². The first kappa shape index (κ1) is 17.3. The first-order valence-electron chi connectivity index (χ1n) is 9.24. The van der Waals surface area contributed by atoms with E-state index in [1.165, 1.54) is 11.3 Å². The number of carbonyl (C=O) groups is 1. The Kier molecular flexibility index (Phi) is 4.87. The summed E-state index contributed by atoms with van der Waals surface area (Å²) >= 11 is 0. The average Bonchev–Trinajstić information content (AvgIpc) is 3.17. The number of amides is 1. The number of rotatable bonds is 4. The molecule has 0 saturated carbocycles. The molecule has 2 heterocycles.